The molecule has 7 nitrogen and oxygen atoms in total. The minimum absolute atomic E-state index is 0.00130. The second-order valence-corrected chi connectivity index (χ2v) is 9.50. The Hall–Kier alpha value is -3.48. The van der Waals surface area contributed by atoms with Crippen LogP contribution in [0.1, 0.15) is 64.6 Å². The summed E-state index contributed by atoms with van der Waals surface area (Å²) in [4.78, 5) is 49.6. The number of nitrogens with one attached hydrogen (secondary N) is 1. The molecule has 0 spiro atoms. The first-order valence-electron chi connectivity index (χ1n) is 10.9. The Labute approximate surface area is 194 Å². The maximum absolute atomic E-state index is 12.5. The van der Waals surface area contributed by atoms with E-state index in [0.717, 1.165) is 21.7 Å². The average Bonchev–Trinajstić information content (AvgIpc) is 3.13. The molecule has 0 bridgehead atoms. The number of ether oxygens (including phenoxy) is 1. The fraction of sp³-hybridized carbons (Fsp3) is 0.385. The molecule has 0 aromatic heterocycles. The number of carbonyl (C=O) groups excluding carboxylic acids is 4. The third-order valence-electron chi connectivity index (χ3n) is 5.88. The lowest BCUT2D eigenvalue weighted by Crippen LogP contribution is -2.43. The van der Waals surface area contributed by atoms with Gasteiger partial charge in [-0.25, -0.2) is 0 Å². The van der Waals surface area contributed by atoms with Crippen molar-refractivity contribution in [3.8, 4) is 0 Å². The van der Waals surface area contributed by atoms with E-state index in [4.69, 9.17) is 4.74 Å². The number of nitrogens with zero attached hydrogens (tertiary/aromatic N) is 1. The minimum atomic E-state index is -0.742. The summed E-state index contributed by atoms with van der Waals surface area (Å²) in [6.45, 7) is 9.72. The van der Waals surface area contributed by atoms with Crippen LogP contribution in [0, 0.1) is 19.8 Å². The molecule has 3 rings (SSSR count). The van der Waals surface area contributed by atoms with E-state index in [1.807, 2.05) is 32.0 Å². The van der Waals surface area contributed by atoms with Crippen molar-refractivity contribution in [1.29, 1.82) is 0 Å². The zero-order valence-electron chi connectivity index (χ0n) is 19.7. The quantitative estimate of drug-likeness (QED) is 0.537. The van der Waals surface area contributed by atoms with Gasteiger partial charge in [-0.3, -0.25) is 29.6 Å². The molecule has 1 heterocycles. The van der Waals surface area contributed by atoms with Gasteiger partial charge in [0.05, 0.1) is 12.5 Å². The van der Waals surface area contributed by atoms with Crippen LogP contribution in [-0.4, -0.2) is 41.7 Å². The molecule has 0 aliphatic carbocycles. The second-order valence-electron chi connectivity index (χ2n) is 9.50. The van der Waals surface area contributed by atoms with Gasteiger partial charge >= 0.3 is 5.97 Å². The first-order valence-corrected chi connectivity index (χ1v) is 10.9. The van der Waals surface area contributed by atoms with Crippen molar-refractivity contribution in [2.75, 3.05) is 13.2 Å². The number of amides is 2. The summed E-state index contributed by atoms with van der Waals surface area (Å²) in [5.41, 5.74) is 6.56. The van der Waals surface area contributed by atoms with Crippen LogP contribution >= 0.6 is 0 Å². The molecule has 1 atom stereocenters. The normalized spacial score (nSPS) is 16.0. The number of esters is 1. The summed E-state index contributed by atoms with van der Waals surface area (Å²) < 4.78 is 5.16. The van der Waals surface area contributed by atoms with Gasteiger partial charge in [0, 0.05) is 17.5 Å². The molecule has 0 saturated carbocycles. The van der Waals surface area contributed by atoms with Crippen LogP contribution in [0.15, 0.2) is 42.5 Å². The third kappa shape index (κ3) is 5.86. The number of hydrazine groups is 1. The van der Waals surface area contributed by atoms with Crippen LogP contribution < -0.4 is 5.43 Å². The predicted octanol–water partition coefficient (Wildman–Crippen LogP) is 3.52. The van der Waals surface area contributed by atoms with Gasteiger partial charge in [0.1, 0.15) is 0 Å². The van der Waals surface area contributed by atoms with E-state index in [1.54, 1.807) is 24.3 Å². The van der Waals surface area contributed by atoms with Gasteiger partial charge in [0.15, 0.2) is 12.4 Å². The molecule has 1 aliphatic rings. The largest absolute Gasteiger partial charge is 0.457 e. The van der Waals surface area contributed by atoms with Crippen LogP contribution in [-0.2, 0) is 19.7 Å². The summed E-state index contributed by atoms with van der Waals surface area (Å²) in [7, 11) is 0. The fourth-order valence-electron chi connectivity index (χ4n) is 3.54. The van der Waals surface area contributed by atoms with Gasteiger partial charge in [-0.1, -0.05) is 45.0 Å². The number of hydrogen-bond donors (Lipinski definition) is 1. The molecule has 2 aromatic rings. The van der Waals surface area contributed by atoms with Crippen molar-refractivity contribution >= 4 is 23.6 Å². The lowest BCUT2D eigenvalue weighted by Gasteiger charge is -2.20. The molecule has 0 unspecified atom stereocenters. The highest BCUT2D eigenvalue weighted by Crippen LogP contribution is 2.23. The lowest BCUT2D eigenvalue weighted by molar-refractivity contribution is -0.147. The molecule has 33 heavy (non-hydrogen) atoms. The Morgan fingerprint density at radius 1 is 1.00 bits per heavy atom. The zero-order valence-corrected chi connectivity index (χ0v) is 19.7. The topological polar surface area (TPSA) is 92.8 Å². The van der Waals surface area contributed by atoms with E-state index in [-0.39, 0.29) is 30.1 Å². The Balaban J connectivity index is 1.53. The van der Waals surface area contributed by atoms with Crippen molar-refractivity contribution in [2.24, 2.45) is 5.92 Å². The van der Waals surface area contributed by atoms with Crippen LogP contribution in [0.2, 0.25) is 0 Å². The van der Waals surface area contributed by atoms with Gasteiger partial charge in [0.2, 0.25) is 5.91 Å². The number of ketones is 1. The average molecular weight is 451 g/mol. The summed E-state index contributed by atoms with van der Waals surface area (Å²) in [5, 5.41) is 1.14. The first-order chi connectivity index (χ1) is 15.5. The van der Waals surface area contributed by atoms with Crippen molar-refractivity contribution < 1.29 is 23.9 Å². The minimum Gasteiger partial charge on any atom is -0.457 e. The fourth-order valence-corrected chi connectivity index (χ4v) is 3.54. The molecule has 1 aliphatic heterocycles. The smallest absolute Gasteiger partial charge is 0.311 e. The van der Waals surface area contributed by atoms with Gasteiger partial charge in [-0.2, -0.15) is 0 Å². The molecular formula is C26H30N2O5. The highest BCUT2D eigenvalue weighted by atomic mass is 16.5. The van der Waals surface area contributed by atoms with Crippen LogP contribution in [0.25, 0.3) is 0 Å². The molecular weight excluding hydrogens is 420 g/mol. The number of hydrogen-bond acceptors (Lipinski definition) is 5. The molecule has 1 saturated heterocycles. The molecule has 7 heteroatoms. The summed E-state index contributed by atoms with van der Waals surface area (Å²) in [6.07, 6.45) is -0.0834. The van der Waals surface area contributed by atoms with Gasteiger partial charge in [0.25, 0.3) is 5.91 Å². The van der Waals surface area contributed by atoms with Gasteiger partial charge in [-0.05, 0) is 54.2 Å². The monoisotopic (exact) mass is 450 g/mol. The van der Waals surface area contributed by atoms with E-state index in [9.17, 15) is 19.2 Å². The molecule has 1 N–H and O–H groups in total. The SMILES string of the molecule is Cc1ccc(C(=O)COC(=O)[C@@H]2CC(=O)N(NC(=O)c3ccc(C(C)(C)C)cc3)C2)cc1C. The summed E-state index contributed by atoms with van der Waals surface area (Å²) >= 11 is 0. The maximum atomic E-state index is 12.5. The zero-order chi connectivity index (χ0) is 24.3. The van der Waals surface area contributed by atoms with E-state index < -0.39 is 24.4 Å². The van der Waals surface area contributed by atoms with Crippen molar-refractivity contribution in [2.45, 2.75) is 46.5 Å². The third-order valence-corrected chi connectivity index (χ3v) is 5.88. The standard InChI is InChI=1S/C26H30N2O5/c1-16-6-7-19(12-17(16)2)22(29)15-33-25(32)20-13-23(30)28(14-20)27-24(31)18-8-10-21(11-9-18)26(3,4)5/h6-12,20H,13-15H2,1-5H3,(H,27,31)/t20-/m1/s1. The van der Waals surface area contributed by atoms with Gasteiger partial charge in [-0.15, -0.1) is 0 Å². The van der Waals surface area contributed by atoms with Crippen LogP contribution in [0.5, 0.6) is 0 Å². The Morgan fingerprint density at radius 2 is 1.64 bits per heavy atom. The van der Waals surface area contributed by atoms with Gasteiger partial charge < -0.3 is 4.74 Å². The molecule has 0 radical (unpaired) electrons. The maximum Gasteiger partial charge on any atom is 0.311 e. The van der Waals surface area contributed by atoms with Crippen molar-refractivity contribution in [3.05, 3.63) is 70.3 Å². The number of rotatable bonds is 6. The molecule has 2 amide bonds. The van der Waals surface area contributed by atoms with E-state index in [0.29, 0.717) is 11.1 Å². The molecule has 174 valence electrons. The van der Waals surface area contributed by atoms with Crippen molar-refractivity contribution in [3.63, 3.8) is 0 Å². The number of carbonyl (C=O) groups is 4. The van der Waals surface area contributed by atoms with Crippen LogP contribution in [0.4, 0.5) is 0 Å². The molecule has 2 aromatic carbocycles. The lowest BCUT2D eigenvalue weighted by atomic mass is 9.87. The van der Waals surface area contributed by atoms with E-state index in [2.05, 4.69) is 26.2 Å². The highest BCUT2D eigenvalue weighted by molar-refractivity contribution is 5.99. The van der Waals surface area contributed by atoms with E-state index in [1.165, 1.54) is 0 Å². The summed E-state index contributed by atoms with van der Waals surface area (Å²) in [6, 6.07) is 12.5. The van der Waals surface area contributed by atoms with E-state index >= 15 is 0 Å². The number of benzene rings is 2. The van der Waals surface area contributed by atoms with Crippen LogP contribution in [0.3, 0.4) is 0 Å². The number of aryl methyl sites for hydroxylation is 2. The highest BCUT2D eigenvalue weighted by Gasteiger charge is 2.36. The first kappa shape index (κ1) is 24.2. The predicted molar refractivity (Wildman–Crippen MR) is 124 cm³/mol. The van der Waals surface area contributed by atoms with Crippen molar-refractivity contribution in [1.82, 2.24) is 10.4 Å². The Kier molecular flexibility index (Phi) is 7.01. The Bertz CT molecular complexity index is 1080. The number of Topliss-reactive ketones (excluding diaryl/α,β-unsaturated/α-hetero) is 1. The Morgan fingerprint density at radius 3 is 2.24 bits per heavy atom. The second kappa shape index (κ2) is 9.57. The summed E-state index contributed by atoms with van der Waals surface area (Å²) in [5.74, 6) is -2.49. The molecule has 1 fully saturated rings.